The highest BCUT2D eigenvalue weighted by Crippen LogP contribution is 2.09. The number of nitrogens with zero attached hydrogens (tertiary/aromatic N) is 2. The highest BCUT2D eigenvalue weighted by atomic mass is 32.2. The van der Waals surface area contributed by atoms with Crippen molar-refractivity contribution in [2.75, 3.05) is 27.3 Å². The van der Waals surface area contributed by atoms with Gasteiger partial charge in [-0.05, 0) is 6.07 Å². The Bertz CT molecular complexity index is 360. The van der Waals surface area contributed by atoms with Gasteiger partial charge in [-0.25, -0.2) is 8.42 Å². The molecule has 0 aliphatic heterocycles. The van der Waals surface area contributed by atoms with Crippen molar-refractivity contribution in [2.24, 2.45) is 0 Å². The number of hydrogen-bond donors (Lipinski definition) is 1. The fourth-order valence-corrected chi connectivity index (χ4v) is 1.95. The number of rotatable bonds is 5. The molecular formula is C7H13N3O3S. The van der Waals surface area contributed by atoms with Crippen molar-refractivity contribution in [1.29, 1.82) is 0 Å². The predicted octanol–water partition coefficient (Wildman–Crippen LogP) is -0.323. The fraction of sp³-hybridized carbons (Fsp3) is 0.571. The maximum absolute atomic E-state index is 11.7. The Kier molecular flexibility index (Phi) is 3.62. The zero-order chi connectivity index (χ0) is 10.6. The van der Waals surface area contributed by atoms with E-state index in [1.807, 2.05) is 0 Å². The van der Waals surface area contributed by atoms with E-state index in [0.717, 1.165) is 0 Å². The van der Waals surface area contributed by atoms with Crippen molar-refractivity contribution in [2.45, 2.75) is 5.03 Å². The molecule has 0 radical (unpaired) electrons. The molecule has 0 atom stereocenters. The van der Waals surface area contributed by atoms with E-state index in [2.05, 4.69) is 10.2 Å². The molecule has 0 unspecified atom stereocenters. The summed E-state index contributed by atoms with van der Waals surface area (Å²) in [7, 11) is -0.413. The summed E-state index contributed by atoms with van der Waals surface area (Å²) >= 11 is 0. The van der Waals surface area contributed by atoms with Gasteiger partial charge in [-0.1, -0.05) is 0 Å². The molecule has 14 heavy (non-hydrogen) atoms. The molecule has 7 heteroatoms. The van der Waals surface area contributed by atoms with Crippen molar-refractivity contribution >= 4 is 10.0 Å². The number of likely N-dealkylation sites (N-methyl/N-ethyl adjacent to an activating group) is 1. The van der Waals surface area contributed by atoms with E-state index in [1.54, 1.807) is 0 Å². The largest absolute Gasteiger partial charge is 0.383 e. The molecule has 0 fully saturated rings. The molecular weight excluding hydrogens is 206 g/mol. The number of sulfonamides is 1. The molecule has 1 N–H and O–H groups in total. The molecule has 0 aliphatic rings. The van der Waals surface area contributed by atoms with Gasteiger partial charge in [0.1, 0.15) is 0 Å². The zero-order valence-corrected chi connectivity index (χ0v) is 8.91. The van der Waals surface area contributed by atoms with Crippen molar-refractivity contribution in [3.05, 3.63) is 12.3 Å². The zero-order valence-electron chi connectivity index (χ0n) is 8.10. The van der Waals surface area contributed by atoms with Crippen molar-refractivity contribution < 1.29 is 13.2 Å². The van der Waals surface area contributed by atoms with E-state index in [4.69, 9.17) is 4.74 Å². The monoisotopic (exact) mass is 219 g/mol. The Morgan fingerprint density at radius 1 is 1.64 bits per heavy atom. The van der Waals surface area contributed by atoms with Gasteiger partial charge in [0.2, 0.25) is 0 Å². The van der Waals surface area contributed by atoms with Crippen LogP contribution in [0.15, 0.2) is 17.3 Å². The molecule has 0 aliphatic carbocycles. The lowest BCUT2D eigenvalue weighted by atomic mass is 10.7. The third-order valence-corrected chi connectivity index (χ3v) is 3.56. The number of H-pyrrole nitrogens is 1. The predicted molar refractivity (Wildman–Crippen MR) is 50.3 cm³/mol. The SMILES string of the molecule is COCCN(C)S(=O)(=O)c1ccn[nH]1. The molecule has 0 spiro atoms. The molecule has 1 aromatic heterocycles. The average Bonchev–Trinajstić information content (AvgIpc) is 2.67. The third-order valence-electron chi connectivity index (χ3n) is 1.77. The summed E-state index contributed by atoms with van der Waals surface area (Å²) in [4.78, 5) is 0. The Labute approximate surface area is 82.9 Å². The van der Waals surface area contributed by atoms with Gasteiger partial charge < -0.3 is 4.74 Å². The second-order valence-electron chi connectivity index (χ2n) is 2.74. The van der Waals surface area contributed by atoms with Gasteiger partial charge in [-0.15, -0.1) is 0 Å². The van der Waals surface area contributed by atoms with Crippen LogP contribution < -0.4 is 0 Å². The molecule has 0 aromatic carbocycles. The summed E-state index contributed by atoms with van der Waals surface area (Å²) in [5.41, 5.74) is 0. The number of methoxy groups -OCH3 is 1. The highest BCUT2D eigenvalue weighted by Gasteiger charge is 2.21. The summed E-state index contributed by atoms with van der Waals surface area (Å²) in [5.74, 6) is 0. The van der Waals surface area contributed by atoms with Gasteiger partial charge in [0.05, 0.1) is 12.8 Å². The summed E-state index contributed by atoms with van der Waals surface area (Å²) in [6.45, 7) is 0.682. The van der Waals surface area contributed by atoms with Crippen LogP contribution in [0, 0.1) is 0 Å². The van der Waals surface area contributed by atoms with Crippen molar-refractivity contribution in [1.82, 2.24) is 14.5 Å². The Morgan fingerprint density at radius 3 is 2.86 bits per heavy atom. The molecule has 6 nitrogen and oxygen atoms in total. The fourth-order valence-electron chi connectivity index (χ4n) is 0.895. The average molecular weight is 219 g/mol. The number of nitrogens with one attached hydrogen (secondary N) is 1. The number of ether oxygens (including phenoxy) is 1. The molecule has 1 rings (SSSR count). The minimum absolute atomic E-state index is 0.0936. The van der Waals surface area contributed by atoms with Crippen molar-refractivity contribution in [3.63, 3.8) is 0 Å². The van der Waals surface area contributed by atoms with E-state index in [-0.39, 0.29) is 5.03 Å². The van der Waals surface area contributed by atoms with Crippen LogP contribution in [0.4, 0.5) is 0 Å². The van der Waals surface area contributed by atoms with E-state index in [1.165, 1.54) is 30.7 Å². The van der Waals surface area contributed by atoms with Gasteiger partial charge in [0.15, 0.2) is 5.03 Å². The van der Waals surface area contributed by atoms with Gasteiger partial charge in [-0.3, -0.25) is 5.10 Å². The molecule has 80 valence electrons. The normalized spacial score (nSPS) is 12.2. The van der Waals surface area contributed by atoms with Crippen LogP contribution in [0.25, 0.3) is 0 Å². The standard InChI is InChI=1S/C7H13N3O3S/c1-10(5-6-13-2)14(11,12)7-3-4-8-9-7/h3-4H,5-6H2,1-2H3,(H,8,9). The Morgan fingerprint density at radius 2 is 2.36 bits per heavy atom. The number of aromatic amines is 1. The lowest BCUT2D eigenvalue weighted by molar-refractivity contribution is 0.185. The second kappa shape index (κ2) is 4.54. The van der Waals surface area contributed by atoms with Crippen LogP contribution in [0.1, 0.15) is 0 Å². The topological polar surface area (TPSA) is 75.3 Å². The van der Waals surface area contributed by atoms with Gasteiger partial charge >= 0.3 is 0 Å². The lowest BCUT2D eigenvalue weighted by Crippen LogP contribution is -2.30. The van der Waals surface area contributed by atoms with E-state index in [0.29, 0.717) is 13.2 Å². The first-order valence-corrected chi connectivity index (χ1v) is 5.47. The Hall–Kier alpha value is -0.920. The summed E-state index contributed by atoms with van der Waals surface area (Å²) in [6.07, 6.45) is 1.40. The van der Waals surface area contributed by atoms with Gasteiger partial charge in [0.25, 0.3) is 10.0 Å². The van der Waals surface area contributed by atoms with Crippen molar-refractivity contribution in [3.8, 4) is 0 Å². The Balaban J connectivity index is 2.76. The van der Waals surface area contributed by atoms with Crippen LogP contribution in [0.5, 0.6) is 0 Å². The number of aromatic nitrogens is 2. The minimum Gasteiger partial charge on any atom is -0.383 e. The molecule has 1 aromatic rings. The van der Waals surface area contributed by atoms with Crippen LogP contribution in [0.2, 0.25) is 0 Å². The van der Waals surface area contributed by atoms with Crippen LogP contribution in [-0.4, -0.2) is 50.2 Å². The molecule has 1 heterocycles. The molecule has 0 amide bonds. The first kappa shape index (κ1) is 11.2. The van der Waals surface area contributed by atoms with Gasteiger partial charge in [0, 0.05) is 20.7 Å². The maximum Gasteiger partial charge on any atom is 0.259 e. The quantitative estimate of drug-likeness (QED) is 0.736. The summed E-state index contributed by atoms with van der Waals surface area (Å²) in [5, 5.41) is 6.10. The lowest BCUT2D eigenvalue weighted by Gasteiger charge is -2.14. The third kappa shape index (κ3) is 2.31. The summed E-state index contributed by atoms with van der Waals surface area (Å²) in [6, 6.07) is 1.42. The summed E-state index contributed by atoms with van der Waals surface area (Å²) < 4.78 is 29.4. The van der Waals surface area contributed by atoms with Crippen LogP contribution >= 0.6 is 0 Å². The molecule has 0 bridgehead atoms. The van der Waals surface area contributed by atoms with Crippen LogP contribution in [-0.2, 0) is 14.8 Å². The first-order chi connectivity index (χ1) is 6.59. The maximum atomic E-state index is 11.7. The van der Waals surface area contributed by atoms with E-state index >= 15 is 0 Å². The minimum atomic E-state index is -3.43. The molecule has 0 saturated heterocycles. The number of hydrogen-bond acceptors (Lipinski definition) is 4. The first-order valence-electron chi connectivity index (χ1n) is 4.03. The highest BCUT2D eigenvalue weighted by molar-refractivity contribution is 7.89. The van der Waals surface area contributed by atoms with E-state index < -0.39 is 10.0 Å². The van der Waals surface area contributed by atoms with Gasteiger partial charge in [-0.2, -0.15) is 9.40 Å². The smallest absolute Gasteiger partial charge is 0.259 e. The van der Waals surface area contributed by atoms with E-state index in [9.17, 15) is 8.42 Å². The molecule has 0 saturated carbocycles. The second-order valence-corrected chi connectivity index (χ2v) is 4.75. The van der Waals surface area contributed by atoms with Crippen LogP contribution in [0.3, 0.4) is 0 Å².